The third kappa shape index (κ3) is 4.55. The lowest BCUT2D eigenvalue weighted by atomic mass is 9.84. The van der Waals surface area contributed by atoms with Gasteiger partial charge in [0.25, 0.3) is 0 Å². The number of benzene rings is 1. The summed E-state index contributed by atoms with van der Waals surface area (Å²) in [4.78, 5) is 44.9. The highest BCUT2D eigenvalue weighted by Gasteiger charge is 2.51. The van der Waals surface area contributed by atoms with Gasteiger partial charge in [-0.15, -0.1) is 0 Å². The first-order valence-corrected chi connectivity index (χ1v) is 12.3. The van der Waals surface area contributed by atoms with Crippen molar-refractivity contribution < 1.29 is 14.4 Å². The molecule has 3 saturated heterocycles. The molecule has 0 radical (unpaired) electrons. The van der Waals surface area contributed by atoms with Crippen LogP contribution in [-0.4, -0.2) is 63.6 Å². The summed E-state index contributed by atoms with van der Waals surface area (Å²) in [5.74, 6) is 0.335. The molecule has 2 atom stereocenters. The zero-order valence-electron chi connectivity index (χ0n) is 19.6. The number of likely N-dealkylation sites (tertiary alicyclic amines) is 3. The number of carbonyl (C=O) groups is 3. The Bertz CT molecular complexity index is 870. The molecule has 3 aliphatic heterocycles. The quantitative estimate of drug-likeness (QED) is 0.719. The highest BCUT2D eigenvalue weighted by atomic mass is 16.2. The number of hydrogen-bond donors (Lipinski definition) is 0. The summed E-state index contributed by atoms with van der Waals surface area (Å²) < 4.78 is 0. The van der Waals surface area contributed by atoms with E-state index >= 15 is 0 Å². The van der Waals surface area contributed by atoms with E-state index in [0.717, 1.165) is 44.9 Å². The first-order valence-electron chi connectivity index (χ1n) is 12.3. The van der Waals surface area contributed by atoms with Gasteiger partial charge in [-0.1, -0.05) is 37.1 Å². The third-order valence-electron chi connectivity index (χ3n) is 7.90. The van der Waals surface area contributed by atoms with E-state index in [1.807, 2.05) is 17.0 Å². The number of hydrogen-bond acceptors (Lipinski definition) is 3. The van der Waals surface area contributed by atoms with Gasteiger partial charge in [-0.05, 0) is 57.1 Å². The predicted molar refractivity (Wildman–Crippen MR) is 124 cm³/mol. The second-order valence-electron chi connectivity index (χ2n) is 9.99. The molecule has 0 aliphatic carbocycles. The van der Waals surface area contributed by atoms with Crippen molar-refractivity contribution in [2.75, 3.05) is 19.6 Å². The van der Waals surface area contributed by atoms with Crippen LogP contribution in [0, 0.1) is 6.92 Å². The largest absolute Gasteiger partial charge is 0.336 e. The van der Waals surface area contributed by atoms with Crippen LogP contribution in [-0.2, 0) is 20.9 Å². The average molecular weight is 440 g/mol. The SMILES string of the molecule is Cc1ccccc1CN1C(=O)CCCC[C@H]2N(C(=O)CN3CCCCCC3=O)CC[C@]21C. The Morgan fingerprint density at radius 3 is 2.56 bits per heavy atom. The molecule has 0 aromatic heterocycles. The Morgan fingerprint density at radius 2 is 1.75 bits per heavy atom. The highest BCUT2D eigenvalue weighted by molar-refractivity contribution is 5.86. The zero-order valence-corrected chi connectivity index (χ0v) is 19.6. The second-order valence-corrected chi connectivity index (χ2v) is 9.99. The highest BCUT2D eigenvalue weighted by Crippen LogP contribution is 2.40. The molecule has 3 aliphatic rings. The summed E-state index contributed by atoms with van der Waals surface area (Å²) in [7, 11) is 0. The molecule has 0 bridgehead atoms. The Labute approximate surface area is 191 Å². The monoisotopic (exact) mass is 439 g/mol. The number of aryl methyl sites for hydroxylation is 1. The van der Waals surface area contributed by atoms with Crippen LogP contribution in [0.3, 0.4) is 0 Å². The fourth-order valence-electron chi connectivity index (χ4n) is 5.81. The summed E-state index contributed by atoms with van der Waals surface area (Å²) in [5.41, 5.74) is 1.98. The van der Waals surface area contributed by atoms with Crippen LogP contribution in [0.2, 0.25) is 0 Å². The van der Waals surface area contributed by atoms with E-state index in [0.29, 0.717) is 32.5 Å². The van der Waals surface area contributed by atoms with Gasteiger partial charge in [-0.3, -0.25) is 14.4 Å². The summed E-state index contributed by atoms with van der Waals surface area (Å²) in [6.07, 6.45) is 7.58. The molecule has 0 N–H and O–H groups in total. The average Bonchev–Trinajstić information content (AvgIpc) is 2.96. The molecule has 3 heterocycles. The summed E-state index contributed by atoms with van der Waals surface area (Å²) >= 11 is 0. The Morgan fingerprint density at radius 1 is 1.00 bits per heavy atom. The van der Waals surface area contributed by atoms with Crippen molar-refractivity contribution >= 4 is 17.7 Å². The van der Waals surface area contributed by atoms with E-state index in [1.54, 1.807) is 4.90 Å². The minimum absolute atomic E-state index is 0.00495. The van der Waals surface area contributed by atoms with E-state index in [9.17, 15) is 14.4 Å². The van der Waals surface area contributed by atoms with Gasteiger partial charge in [0.1, 0.15) is 0 Å². The maximum Gasteiger partial charge on any atom is 0.242 e. The molecular weight excluding hydrogens is 402 g/mol. The topological polar surface area (TPSA) is 60.9 Å². The molecule has 3 amide bonds. The fourth-order valence-corrected chi connectivity index (χ4v) is 5.81. The maximum absolute atomic E-state index is 13.4. The summed E-state index contributed by atoms with van der Waals surface area (Å²) in [5, 5.41) is 0. The Balaban J connectivity index is 1.55. The number of carbonyl (C=O) groups excluding carboxylic acids is 3. The molecular formula is C26H37N3O3. The van der Waals surface area contributed by atoms with Gasteiger partial charge in [0.15, 0.2) is 0 Å². The van der Waals surface area contributed by atoms with Gasteiger partial charge in [0, 0.05) is 32.5 Å². The van der Waals surface area contributed by atoms with Crippen molar-refractivity contribution in [1.29, 1.82) is 0 Å². The zero-order chi connectivity index (χ0) is 22.7. The van der Waals surface area contributed by atoms with Crippen LogP contribution >= 0.6 is 0 Å². The van der Waals surface area contributed by atoms with Crippen molar-refractivity contribution in [3.8, 4) is 0 Å². The van der Waals surface area contributed by atoms with Crippen LogP contribution in [0.1, 0.15) is 75.8 Å². The molecule has 1 aromatic carbocycles. The summed E-state index contributed by atoms with van der Waals surface area (Å²) in [6.45, 7) is 6.36. The molecule has 0 saturated carbocycles. The number of rotatable bonds is 4. The third-order valence-corrected chi connectivity index (χ3v) is 7.90. The van der Waals surface area contributed by atoms with Crippen molar-refractivity contribution in [2.45, 2.75) is 89.8 Å². The fraction of sp³-hybridized carbons (Fsp3) is 0.654. The molecule has 1 aromatic rings. The van der Waals surface area contributed by atoms with Crippen LogP contribution in [0.4, 0.5) is 0 Å². The van der Waals surface area contributed by atoms with Gasteiger partial charge in [-0.2, -0.15) is 0 Å². The molecule has 3 fully saturated rings. The van der Waals surface area contributed by atoms with Crippen LogP contribution < -0.4 is 0 Å². The molecule has 4 rings (SSSR count). The lowest BCUT2D eigenvalue weighted by Gasteiger charge is -2.46. The molecule has 6 heteroatoms. The normalized spacial score (nSPS) is 27.1. The van der Waals surface area contributed by atoms with Crippen molar-refractivity contribution in [2.24, 2.45) is 0 Å². The number of amides is 3. The lowest BCUT2D eigenvalue weighted by molar-refractivity contribution is -0.145. The minimum Gasteiger partial charge on any atom is -0.336 e. The predicted octanol–water partition coefficient (Wildman–Crippen LogP) is 3.66. The maximum atomic E-state index is 13.4. The van der Waals surface area contributed by atoms with Crippen molar-refractivity contribution in [1.82, 2.24) is 14.7 Å². The van der Waals surface area contributed by atoms with E-state index < -0.39 is 0 Å². The Hall–Kier alpha value is -2.37. The van der Waals surface area contributed by atoms with Crippen LogP contribution in [0.25, 0.3) is 0 Å². The van der Waals surface area contributed by atoms with Crippen LogP contribution in [0.5, 0.6) is 0 Å². The molecule has 0 spiro atoms. The number of nitrogens with zero attached hydrogens (tertiary/aromatic N) is 3. The van der Waals surface area contributed by atoms with E-state index in [1.165, 1.54) is 11.1 Å². The molecule has 174 valence electrons. The molecule has 32 heavy (non-hydrogen) atoms. The van der Waals surface area contributed by atoms with Gasteiger partial charge < -0.3 is 14.7 Å². The smallest absolute Gasteiger partial charge is 0.242 e. The molecule has 6 nitrogen and oxygen atoms in total. The van der Waals surface area contributed by atoms with Gasteiger partial charge in [-0.25, -0.2) is 0 Å². The van der Waals surface area contributed by atoms with E-state index in [-0.39, 0.29) is 35.8 Å². The van der Waals surface area contributed by atoms with Crippen molar-refractivity contribution in [3.05, 3.63) is 35.4 Å². The van der Waals surface area contributed by atoms with Gasteiger partial charge in [0.05, 0.1) is 18.1 Å². The van der Waals surface area contributed by atoms with E-state index in [4.69, 9.17) is 0 Å². The minimum atomic E-state index is -0.377. The lowest BCUT2D eigenvalue weighted by Crippen LogP contribution is -2.58. The van der Waals surface area contributed by atoms with E-state index in [2.05, 4.69) is 30.9 Å². The van der Waals surface area contributed by atoms with Gasteiger partial charge in [0.2, 0.25) is 17.7 Å². The van der Waals surface area contributed by atoms with Crippen molar-refractivity contribution in [3.63, 3.8) is 0 Å². The first-order chi connectivity index (χ1) is 15.4. The Kier molecular flexibility index (Phi) is 6.87. The number of fused-ring (bicyclic) bond motifs is 1. The standard InChI is InChI=1S/C26H37N3O3/c1-20-10-5-6-11-21(20)18-29-24(31)14-8-7-12-22-26(29,2)15-17-28(22)25(32)19-27-16-9-3-4-13-23(27)30/h5-6,10-11,22H,3-4,7-9,12-19H2,1-2H3/t22-,26-/m1/s1. The molecule has 0 unspecified atom stereocenters. The van der Waals surface area contributed by atoms with Gasteiger partial charge >= 0.3 is 0 Å². The first kappa shape index (κ1) is 22.8. The summed E-state index contributed by atoms with van der Waals surface area (Å²) in [6, 6.07) is 8.25. The second kappa shape index (κ2) is 9.63. The van der Waals surface area contributed by atoms with Crippen LogP contribution in [0.15, 0.2) is 24.3 Å².